The number of likely N-dealkylation sites (tertiary alicyclic amines) is 1. The normalized spacial score (nSPS) is 16.7. The second-order valence-electron chi connectivity index (χ2n) is 5.65. The third-order valence-electron chi connectivity index (χ3n) is 3.93. The van der Waals surface area contributed by atoms with Crippen molar-refractivity contribution in [3.05, 3.63) is 59.6 Å². The first kappa shape index (κ1) is 16.3. The summed E-state index contributed by atoms with van der Waals surface area (Å²) in [4.78, 5) is 26.5. The van der Waals surface area contributed by atoms with Crippen LogP contribution in [0.2, 0.25) is 5.02 Å². The van der Waals surface area contributed by atoms with Crippen LogP contribution in [-0.4, -0.2) is 29.4 Å². The molecule has 5 nitrogen and oxygen atoms in total. The van der Waals surface area contributed by atoms with E-state index in [0.29, 0.717) is 23.7 Å². The highest BCUT2D eigenvalue weighted by molar-refractivity contribution is 6.30. The number of benzene rings is 2. The molecule has 0 spiro atoms. The summed E-state index contributed by atoms with van der Waals surface area (Å²) in [7, 11) is 0. The first-order valence-electron chi connectivity index (χ1n) is 7.82. The summed E-state index contributed by atoms with van der Waals surface area (Å²) in [6.45, 7) is 0.555. The van der Waals surface area contributed by atoms with Crippen LogP contribution in [0.4, 0.5) is 16.2 Å². The number of para-hydroxylation sites is 1. The number of carbonyl (C=O) groups is 2. The van der Waals surface area contributed by atoms with E-state index in [1.54, 1.807) is 29.2 Å². The number of anilines is 2. The minimum atomic E-state index is -0.468. The molecule has 0 bridgehead atoms. The van der Waals surface area contributed by atoms with Crippen LogP contribution < -0.4 is 10.6 Å². The number of nitrogens with zero attached hydrogens (tertiary/aromatic N) is 1. The Bertz CT molecular complexity index is 736. The van der Waals surface area contributed by atoms with Crippen LogP contribution in [0, 0.1) is 0 Å². The molecule has 0 unspecified atom stereocenters. The van der Waals surface area contributed by atoms with Gasteiger partial charge in [-0.2, -0.15) is 0 Å². The average Bonchev–Trinajstić information content (AvgIpc) is 3.06. The van der Waals surface area contributed by atoms with Crippen LogP contribution in [0.3, 0.4) is 0 Å². The fourth-order valence-corrected chi connectivity index (χ4v) is 2.98. The number of carbonyl (C=O) groups excluding carboxylic acids is 2. The zero-order valence-electron chi connectivity index (χ0n) is 13.0. The summed E-state index contributed by atoms with van der Waals surface area (Å²) < 4.78 is 0. The SMILES string of the molecule is O=C(Nc1ccccc1)[C@H]1CCCN1C(=O)Nc1cccc(Cl)c1. The van der Waals surface area contributed by atoms with Gasteiger partial charge in [0.15, 0.2) is 0 Å². The molecule has 1 heterocycles. The molecule has 3 amide bonds. The predicted octanol–water partition coefficient (Wildman–Crippen LogP) is 3.98. The predicted molar refractivity (Wildman–Crippen MR) is 95.3 cm³/mol. The Kier molecular flexibility index (Phi) is 5.01. The van der Waals surface area contributed by atoms with Gasteiger partial charge in [0, 0.05) is 22.9 Å². The molecule has 1 atom stereocenters. The van der Waals surface area contributed by atoms with Gasteiger partial charge < -0.3 is 15.5 Å². The third kappa shape index (κ3) is 3.86. The fourth-order valence-electron chi connectivity index (χ4n) is 2.79. The molecular weight excluding hydrogens is 326 g/mol. The number of nitrogens with one attached hydrogen (secondary N) is 2. The molecule has 24 heavy (non-hydrogen) atoms. The van der Waals surface area contributed by atoms with Crippen LogP contribution in [-0.2, 0) is 4.79 Å². The van der Waals surface area contributed by atoms with Gasteiger partial charge in [-0.15, -0.1) is 0 Å². The summed E-state index contributed by atoms with van der Waals surface area (Å²) >= 11 is 5.93. The van der Waals surface area contributed by atoms with E-state index < -0.39 is 6.04 Å². The van der Waals surface area contributed by atoms with Gasteiger partial charge in [-0.05, 0) is 43.2 Å². The Morgan fingerprint density at radius 1 is 1.00 bits per heavy atom. The lowest BCUT2D eigenvalue weighted by molar-refractivity contribution is -0.119. The van der Waals surface area contributed by atoms with Gasteiger partial charge in [0.05, 0.1) is 0 Å². The molecule has 0 aromatic heterocycles. The van der Waals surface area contributed by atoms with Gasteiger partial charge in [-0.3, -0.25) is 4.79 Å². The fraction of sp³-hybridized carbons (Fsp3) is 0.222. The Morgan fingerprint density at radius 3 is 2.50 bits per heavy atom. The smallest absolute Gasteiger partial charge is 0.322 e. The third-order valence-corrected chi connectivity index (χ3v) is 4.17. The second-order valence-corrected chi connectivity index (χ2v) is 6.08. The number of hydrogen-bond donors (Lipinski definition) is 2. The number of urea groups is 1. The summed E-state index contributed by atoms with van der Waals surface area (Å²) in [5, 5.41) is 6.20. The van der Waals surface area contributed by atoms with Crippen molar-refractivity contribution in [1.29, 1.82) is 0 Å². The molecule has 1 aliphatic rings. The van der Waals surface area contributed by atoms with Crippen molar-refractivity contribution in [2.45, 2.75) is 18.9 Å². The standard InChI is InChI=1S/C18H18ClN3O2/c19-13-6-4-9-15(12-13)21-18(24)22-11-5-10-16(22)17(23)20-14-7-2-1-3-8-14/h1-4,6-9,12,16H,5,10-11H2,(H,20,23)(H,21,24)/t16-/m1/s1. The van der Waals surface area contributed by atoms with Gasteiger partial charge in [0.25, 0.3) is 0 Å². The van der Waals surface area contributed by atoms with Crippen molar-refractivity contribution < 1.29 is 9.59 Å². The van der Waals surface area contributed by atoms with Gasteiger partial charge in [0.1, 0.15) is 6.04 Å². The monoisotopic (exact) mass is 343 g/mol. The molecule has 0 radical (unpaired) electrons. The van der Waals surface area contributed by atoms with Crippen molar-refractivity contribution in [1.82, 2.24) is 4.90 Å². The minimum Gasteiger partial charge on any atom is -0.324 e. The zero-order chi connectivity index (χ0) is 16.9. The van der Waals surface area contributed by atoms with E-state index >= 15 is 0 Å². The van der Waals surface area contributed by atoms with E-state index in [4.69, 9.17) is 11.6 Å². The highest BCUT2D eigenvalue weighted by Gasteiger charge is 2.34. The first-order valence-corrected chi connectivity index (χ1v) is 8.20. The van der Waals surface area contributed by atoms with Crippen LogP contribution in [0.25, 0.3) is 0 Å². The van der Waals surface area contributed by atoms with E-state index in [9.17, 15) is 9.59 Å². The Balaban J connectivity index is 1.66. The molecule has 2 aromatic rings. The highest BCUT2D eigenvalue weighted by atomic mass is 35.5. The molecule has 1 fully saturated rings. The van der Waals surface area contributed by atoms with Crippen LogP contribution >= 0.6 is 11.6 Å². The maximum atomic E-state index is 12.5. The minimum absolute atomic E-state index is 0.167. The first-order chi connectivity index (χ1) is 11.6. The van der Waals surface area contributed by atoms with E-state index in [-0.39, 0.29) is 11.9 Å². The molecule has 3 rings (SSSR count). The Labute approximate surface area is 145 Å². The quantitative estimate of drug-likeness (QED) is 0.885. The van der Waals surface area contributed by atoms with Crippen molar-refractivity contribution in [2.24, 2.45) is 0 Å². The van der Waals surface area contributed by atoms with E-state index in [1.165, 1.54) is 0 Å². The molecule has 124 valence electrons. The highest BCUT2D eigenvalue weighted by Crippen LogP contribution is 2.22. The lowest BCUT2D eigenvalue weighted by Crippen LogP contribution is -2.45. The Morgan fingerprint density at radius 2 is 1.75 bits per heavy atom. The van der Waals surface area contributed by atoms with Gasteiger partial charge in [-0.1, -0.05) is 35.9 Å². The summed E-state index contributed by atoms with van der Waals surface area (Å²) in [6.07, 6.45) is 1.46. The summed E-state index contributed by atoms with van der Waals surface area (Å²) in [5.41, 5.74) is 1.34. The van der Waals surface area contributed by atoms with Gasteiger partial charge in [-0.25, -0.2) is 4.79 Å². The number of amides is 3. The lowest BCUT2D eigenvalue weighted by Gasteiger charge is -2.24. The molecule has 2 N–H and O–H groups in total. The van der Waals surface area contributed by atoms with E-state index in [1.807, 2.05) is 30.3 Å². The average molecular weight is 344 g/mol. The maximum Gasteiger partial charge on any atom is 0.322 e. The summed E-state index contributed by atoms with van der Waals surface area (Å²) in [6, 6.07) is 15.4. The molecule has 1 aliphatic heterocycles. The molecule has 0 aliphatic carbocycles. The lowest BCUT2D eigenvalue weighted by atomic mass is 10.2. The van der Waals surface area contributed by atoms with Crippen LogP contribution in [0.15, 0.2) is 54.6 Å². The molecule has 2 aromatic carbocycles. The van der Waals surface area contributed by atoms with Crippen molar-refractivity contribution >= 4 is 34.9 Å². The molecular formula is C18H18ClN3O2. The van der Waals surface area contributed by atoms with Crippen molar-refractivity contribution in [3.63, 3.8) is 0 Å². The van der Waals surface area contributed by atoms with Crippen LogP contribution in [0.1, 0.15) is 12.8 Å². The second kappa shape index (κ2) is 7.36. The van der Waals surface area contributed by atoms with E-state index in [0.717, 1.165) is 12.1 Å². The molecule has 0 saturated carbocycles. The zero-order valence-corrected chi connectivity index (χ0v) is 13.8. The van der Waals surface area contributed by atoms with E-state index in [2.05, 4.69) is 10.6 Å². The molecule has 1 saturated heterocycles. The van der Waals surface area contributed by atoms with Crippen molar-refractivity contribution in [2.75, 3.05) is 17.2 Å². The summed E-state index contributed by atoms with van der Waals surface area (Å²) in [5.74, 6) is -0.167. The number of hydrogen-bond acceptors (Lipinski definition) is 2. The largest absolute Gasteiger partial charge is 0.324 e. The number of halogens is 1. The Hall–Kier alpha value is -2.53. The van der Waals surface area contributed by atoms with Crippen LogP contribution in [0.5, 0.6) is 0 Å². The van der Waals surface area contributed by atoms with Crippen molar-refractivity contribution in [3.8, 4) is 0 Å². The van der Waals surface area contributed by atoms with Gasteiger partial charge >= 0.3 is 6.03 Å². The maximum absolute atomic E-state index is 12.5. The molecule has 6 heteroatoms. The van der Waals surface area contributed by atoms with Gasteiger partial charge in [0.2, 0.25) is 5.91 Å². The topological polar surface area (TPSA) is 61.4 Å². The number of rotatable bonds is 3.